The molecule has 2 aromatic rings. The summed E-state index contributed by atoms with van der Waals surface area (Å²) in [6.45, 7) is 1.72. The predicted octanol–water partition coefficient (Wildman–Crippen LogP) is 1.20. The first-order valence-electron chi connectivity index (χ1n) is 8.98. The van der Waals surface area contributed by atoms with Gasteiger partial charge in [0.1, 0.15) is 6.54 Å². The van der Waals surface area contributed by atoms with Gasteiger partial charge in [-0.2, -0.15) is 5.10 Å². The number of hydrogen-bond donors (Lipinski definition) is 1. The van der Waals surface area contributed by atoms with E-state index in [-0.39, 0.29) is 5.91 Å². The molecule has 2 fully saturated rings. The Labute approximate surface area is 153 Å². The van der Waals surface area contributed by atoms with Crippen molar-refractivity contribution in [1.82, 2.24) is 20.0 Å². The molecular weight excluding hydrogens is 328 g/mol. The van der Waals surface area contributed by atoms with E-state index in [0.717, 1.165) is 24.6 Å². The van der Waals surface area contributed by atoms with E-state index in [2.05, 4.69) is 39.7 Å². The van der Waals surface area contributed by atoms with E-state index in [0.29, 0.717) is 25.0 Å². The molecule has 1 amide bonds. The number of anilines is 1. The molecule has 1 saturated carbocycles. The molecule has 2 heterocycles. The van der Waals surface area contributed by atoms with Crippen molar-refractivity contribution < 1.29 is 4.79 Å². The Morgan fingerprint density at radius 1 is 1.27 bits per heavy atom. The third-order valence-corrected chi connectivity index (χ3v) is 5.07. The highest BCUT2D eigenvalue weighted by Gasteiger charge is 2.40. The summed E-state index contributed by atoms with van der Waals surface area (Å²) in [6, 6.07) is 10.9. The monoisotopic (exact) mass is 352 g/mol. The van der Waals surface area contributed by atoms with Crippen LogP contribution >= 0.6 is 0 Å². The van der Waals surface area contributed by atoms with Gasteiger partial charge >= 0.3 is 0 Å². The number of aryl methyl sites for hydroxylation is 1. The number of rotatable bonds is 3. The second kappa shape index (κ2) is 6.82. The van der Waals surface area contributed by atoms with Crippen LogP contribution in [0.3, 0.4) is 0 Å². The summed E-state index contributed by atoms with van der Waals surface area (Å²) >= 11 is 0. The first kappa shape index (κ1) is 16.6. The van der Waals surface area contributed by atoms with E-state index in [1.165, 1.54) is 5.56 Å². The third-order valence-electron chi connectivity index (χ3n) is 5.07. The van der Waals surface area contributed by atoms with Crippen LogP contribution in [0.4, 0.5) is 5.69 Å². The number of aromatic nitrogens is 2. The minimum absolute atomic E-state index is 0.0719. The fraction of sp³-hybridized carbons (Fsp3) is 0.421. The van der Waals surface area contributed by atoms with Gasteiger partial charge in [0, 0.05) is 45.3 Å². The molecule has 0 radical (unpaired) electrons. The summed E-state index contributed by atoms with van der Waals surface area (Å²) in [7, 11) is 3.63. The number of piperazine rings is 1. The lowest BCUT2D eigenvalue weighted by Crippen LogP contribution is -2.55. The van der Waals surface area contributed by atoms with Crippen LogP contribution in [0.25, 0.3) is 0 Å². The zero-order chi connectivity index (χ0) is 18.1. The summed E-state index contributed by atoms with van der Waals surface area (Å²) < 4.78 is 1.71. The number of benzene rings is 1. The highest BCUT2D eigenvalue weighted by Crippen LogP contribution is 2.40. The molecule has 136 valence electrons. The van der Waals surface area contributed by atoms with Gasteiger partial charge in [-0.05, 0) is 12.0 Å². The number of aliphatic imine (C=N–C) groups is 1. The van der Waals surface area contributed by atoms with Crippen LogP contribution < -0.4 is 10.2 Å². The fourth-order valence-electron chi connectivity index (χ4n) is 3.56. The first-order chi connectivity index (χ1) is 12.7. The summed E-state index contributed by atoms with van der Waals surface area (Å²) in [5, 5.41) is 7.68. The van der Waals surface area contributed by atoms with Gasteiger partial charge < -0.3 is 15.1 Å². The van der Waals surface area contributed by atoms with Crippen LogP contribution in [-0.2, 0) is 11.8 Å². The van der Waals surface area contributed by atoms with Crippen molar-refractivity contribution in [2.45, 2.75) is 18.4 Å². The number of guanidine groups is 1. The molecular formula is C19H24N6O. The number of hydrogen-bond acceptors (Lipinski definition) is 3. The van der Waals surface area contributed by atoms with Crippen molar-refractivity contribution in [2.75, 3.05) is 31.6 Å². The van der Waals surface area contributed by atoms with E-state index >= 15 is 0 Å². The smallest absolute Gasteiger partial charge is 0.246 e. The van der Waals surface area contributed by atoms with E-state index < -0.39 is 0 Å². The Bertz CT molecular complexity index is 814. The lowest BCUT2D eigenvalue weighted by atomic mass is 10.1. The molecule has 1 aliphatic heterocycles. The molecule has 2 unspecified atom stereocenters. The molecule has 7 nitrogen and oxygen atoms in total. The van der Waals surface area contributed by atoms with Crippen LogP contribution in [0.2, 0.25) is 0 Å². The molecule has 7 heteroatoms. The summed E-state index contributed by atoms with van der Waals surface area (Å²) in [4.78, 5) is 20.8. The Hall–Kier alpha value is -2.83. The minimum atomic E-state index is 0.0719. The van der Waals surface area contributed by atoms with Gasteiger partial charge in [0.2, 0.25) is 5.91 Å². The number of nitrogens with zero attached hydrogens (tertiary/aromatic N) is 5. The predicted molar refractivity (Wildman–Crippen MR) is 101 cm³/mol. The van der Waals surface area contributed by atoms with Crippen LogP contribution in [0, 0.1) is 0 Å². The van der Waals surface area contributed by atoms with Crippen molar-refractivity contribution in [3.63, 3.8) is 0 Å². The summed E-state index contributed by atoms with van der Waals surface area (Å²) in [5.74, 6) is 1.41. The lowest BCUT2D eigenvalue weighted by Gasteiger charge is -2.35. The minimum Gasteiger partial charge on any atom is -0.353 e. The highest BCUT2D eigenvalue weighted by molar-refractivity contribution is 5.98. The van der Waals surface area contributed by atoms with E-state index in [1.54, 1.807) is 22.8 Å². The average molecular weight is 352 g/mol. The van der Waals surface area contributed by atoms with Gasteiger partial charge in [-0.15, -0.1) is 0 Å². The van der Waals surface area contributed by atoms with Crippen molar-refractivity contribution in [1.29, 1.82) is 0 Å². The van der Waals surface area contributed by atoms with Crippen molar-refractivity contribution >= 4 is 17.6 Å². The second-order valence-electron chi connectivity index (χ2n) is 6.89. The first-order valence-corrected chi connectivity index (χ1v) is 8.98. The summed E-state index contributed by atoms with van der Waals surface area (Å²) in [6.07, 6.45) is 4.71. The molecule has 2 atom stereocenters. The standard InChI is InChI=1S/C19H24N6O/c1-20-19(22-17-10-16(17)14-6-4-3-5-7-14)24-8-9-25(18(26)13-24)15-11-21-23(2)12-15/h3-7,11-12,16-17H,8-10,13H2,1-2H3,(H,20,22). The third kappa shape index (κ3) is 3.29. The van der Waals surface area contributed by atoms with Crippen molar-refractivity contribution in [3.8, 4) is 0 Å². The Morgan fingerprint density at radius 2 is 2.08 bits per heavy atom. The molecule has 4 rings (SSSR count). The molecule has 26 heavy (non-hydrogen) atoms. The molecule has 1 saturated heterocycles. The van der Waals surface area contributed by atoms with Gasteiger partial charge in [0.05, 0.1) is 11.9 Å². The fourth-order valence-corrected chi connectivity index (χ4v) is 3.56. The van der Waals surface area contributed by atoms with Gasteiger partial charge in [0.25, 0.3) is 0 Å². The quantitative estimate of drug-likeness (QED) is 0.666. The highest BCUT2D eigenvalue weighted by atomic mass is 16.2. The van der Waals surface area contributed by atoms with Crippen LogP contribution in [0.15, 0.2) is 47.7 Å². The maximum atomic E-state index is 12.6. The zero-order valence-electron chi connectivity index (χ0n) is 15.2. The molecule has 1 N–H and O–H groups in total. The van der Waals surface area contributed by atoms with Gasteiger partial charge in [0.15, 0.2) is 5.96 Å². The Morgan fingerprint density at radius 3 is 2.73 bits per heavy atom. The second-order valence-corrected chi connectivity index (χ2v) is 6.89. The average Bonchev–Trinajstić information content (AvgIpc) is 3.31. The molecule has 2 aliphatic rings. The molecule has 1 aromatic carbocycles. The maximum Gasteiger partial charge on any atom is 0.246 e. The van der Waals surface area contributed by atoms with E-state index in [1.807, 2.05) is 24.2 Å². The number of amides is 1. The van der Waals surface area contributed by atoms with Gasteiger partial charge in [-0.1, -0.05) is 30.3 Å². The van der Waals surface area contributed by atoms with Crippen molar-refractivity contribution in [2.24, 2.45) is 12.0 Å². The number of carbonyl (C=O) groups is 1. The van der Waals surface area contributed by atoms with Crippen LogP contribution in [-0.4, -0.2) is 59.3 Å². The Kier molecular flexibility index (Phi) is 4.36. The molecule has 0 bridgehead atoms. The SMILES string of the molecule is CN=C(NC1CC1c1ccccc1)N1CCN(c2cnn(C)c2)C(=O)C1. The Balaban J connectivity index is 1.36. The molecule has 0 spiro atoms. The topological polar surface area (TPSA) is 65.8 Å². The maximum absolute atomic E-state index is 12.6. The van der Waals surface area contributed by atoms with Gasteiger partial charge in [-0.25, -0.2) is 0 Å². The number of nitrogens with one attached hydrogen (secondary N) is 1. The molecule has 1 aromatic heterocycles. The van der Waals surface area contributed by atoms with Crippen molar-refractivity contribution in [3.05, 3.63) is 48.3 Å². The normalized spacial score (nSPS) is 23.3. The zero-order valence-corrected chi connectivity index (χ0v) is 15.2. The number of carbonyl (C=O) groups excluding carboxylic acids is 1. The van der Waals surface area contributed by atoms with Crippen LogP contribution in [0.5, 0.6) is 0 Å². The lowest BCUT2D eigenvalue weighted by molar-refractivity contribution is -0.120. The largest absolute Gasteiger partial charge is 0.353 e. The van der Waals surface area contributed by atoms with Crippen LogP contribution in [0.1, 0.15) is 17.9 Å². The van der Waals surface area contributed by atoms with Gasteiger partial charge in [-0.3, -0.25) is 14.5 Å². The molecule has 1 aliphatic carbocycles. The summed E-state index contributed by atoms with van der Waals surface area (Å²) in [5.41, 5.74) is 2.21. The van der Waals surface area contributed by atoms with E-state index in [4.69, 9.17) is 0 Å². The van der Waals surface area contributed by atoms with E-state index in [9.17, 15) is 4.79 Å².